The molecule has 0 radical (unpaired) electrons. The number of hydrogen-bond acceptors (Lipinski definition) is 4. The molecule has 31 heavy (non-hydrogen) atoms. The molecule has 8 nitrogen and oxygen atoms in total. The molecular formula is C23H28N4O4. The van der Waals surface area contributed by atoms with Crippen molar-refractivity contribution in [1.82, 2.24) is 9.80 Å². The van der Waals surface area contributed by atoms with Crippen molar-refractivity contribution in [2.45, 2.75) is 27.3 Å². The minimum absolute atomic E-state index is 0.0877. The summed E-state index contributed by atoms with van der Waals surface area (Å²) in [6, 6.07) is 11.9. The van der Waals surface area contributed by atoms with Gasteiger partial charge >= 0.3 is 0 Å². The van der Waals surface area contributed by atoms with E-state index < -0.39 is 0 Å². The third kappa shape index (κ3) is 6.67. The summed E-state index contributed by atoms with van der Waals surface area (Å²) in [5.74, 6) is -0.888. The Morgan fingerprint density at radius 2 is 1.29 bits per heavy atom. The Morgan fingerprint density at radius 3 is 1.71 bits per heavy atom. The summed E-state index contributed by atoms with van der Waals surface area (Å²) in [6.07, 6.45) is 0. The van der Waals surface area contributed by atoms with Gasteiger partial charge in [0.2, 0.25) is 11.8 Å². The second-order valence-electron chi connectivity index (χ2n) is 7.38. The van der Waals surface area contributed by atoms with Gasteiger partial charge in [-0.3, -0.25) is 19.2 Å². The highest BCUT2D eigenvalue weighted by atomic mass is 16.2. The first-order chi connectivity index (χ1) is 14.6. The van der Waals surface area contributed by atoms with E-state index in [4.69, 9.17) is 0 Å². The zero-order chi connectivity index (χ0) is 23.1. The van der Waals surface area contributed by atoms with Crippen molar-refractivity contribution in [2.75, 3.05) is 31.3 Å². The molecule has 8 heteroatoms. The fourth-order valence-electron chi connectivity index (χ4n) is 3.04. The van der Waals surface area contributed by atoms with Crippen LogP contribution in [0.3, 0.4) is 0 Å². The fraction of sp³-hybridized carbons (Fsp3) is 0.304. The lowest BCUT2D eigenvalue weighted by Crippen LogP contribution is -2.30. The zero-order valence-electron chi connectivity index (χ0n) is 18.5. The maximum Gasteiger partial charge on any atom is 0.254 e. The van der Waals surface area contributed by atoms with E-state index in [1.807, 2.05) is 19.1 Å². The van der Waals surface area contributed by atoms with Crippen LogP contribution in [0.4, 0.5) is 11.4 Å². The lowest BCUT2D eigenvalue weighted by molar-refractivity contribution is -0.115. The normalized spacial score (nSPS) is 10.2. The van der Waals surface area contributed by atoms with Crippen LogP contribution in [0.5, 0.6) is 0 Å². The molecule has 2 rings (SSSR count). The molecule has 0 spiro atoms. The highest BCUT2D eigenvalue weighted by Crippen LogP contribution is 2.21. The van der Waals surface area contributed by atoms with Crippen molar-refractivity contribution in [1.29, 1.82) is 0 Å². The maximum atomic E-state index is 13.2. The van der Waals surface area contributed by atoms with E-state index >= 15 is 0 Å². The van der Waals surface area contributed by atoms with Gasteiger partial charge in [-0.15, -0.1) is 0 Å². The summed E-state index contributed by atoms with van der Waals surface area (Å²) in [5, 5.41) is 5.30. The van der Waals surface area contributed by atoms with Crippen molar-refractivity contribution in [3.05, 3.63) is 59.2 Å². The van der Waals surface area contributed by atoms with Gasteiger partial charge in [-0.05, 0) is 42.8 Å². The number of amides is 4. The van der Waals surface area contributed by atoms with Crippen LogP contribution in [-0.2, 0) is 16.1 Å². The highest BCUT2D eigenvalue weighted by molar-refractivity contribution is 6.00. The predicted molar refractivity (Wildman–Crippen MR) is 120 cm³/mol. The van der Waals surface area contributed by atoms with Crippen molar-refractivity contribution >= 4 is 35.0 Å². The van der Waals surface area contributed by atoms with Gasteiger partial charge in [0, 0.05) is 63.5 Å². The Labute approximate surface area is 182 Å². The van der Waals surface area contributed by atoms with E-state index in [0.29, 0.717) is 35.6 Å². The van der Waals surface area contributed by atoms with Gasteiger partial charge in [0.25, 0.3) is 11.8 Å². The average Bonchev–Trinajstić information content (AvgIpc) is 2.70. The summed E-state index contributed by atoms with van der Waals surface area (Å²) in [4.78, 5) is 51.3. The molecule has 2 aromatic rings. The first-order valence-electron chi connectivity index (χ1n) is 9.90. The lowest BCUT2D eigenvalue weighted by atomic mass is 10.1. The summed E-state index contributed by atoms with van der Waals surface area (Å²) in [7, 11) is 3.38. The molecular weight excluding hydrogens is 396 g/mol. The van der Waals surface area contributed by atoms with Gasteiger partial charge < -0.3 is 20.4 Å². The van der Waals surface area contributed by atoms with Gasteiger partial charge in [-0.25, -0.2) is 0 Å². The second-order valence-corrected chi connectivity index (χ2v) is 7.38. The Hall–Kier alpha value is -3.68. The van der Waals surface area contributed by atoms with Crippen molar-refractivity contribution in [2.24, 2.45) is 0 Å². The lowest BCUT2D eigenvalue weighted by Gasteiger charge is -2.22. The van der Waals surface area contributed by atoms with E-state index in [2.05, 4.69) is 10.6 Å². The zero-order valence-corrected chi connectivity index (χ0v) is 18.5. The molecule has 164 valence electrons. The van der Waals surface area contributed by atoms with E-state index in [9.17, 15) is 19.2 Å². The van der Waals surface area contributed by atoms with Crippen LogP contribution in [0.25, 0.3) is 0 Å². The third-order valence-electron chi connectivity index (χ3n) is 4.47. The minimum atomic E-state index is -0.280. The standard InChI is InChI=1S/C23H28N4O4/c1-6-27(14-17-7-9-18(10-8-17)22(30)26(4)5)23(31)19-11-20(24-15(2)28)13-21(12-19)25-16(3)29/h7-13H,6,14H2,1-5H3,(H,24,28)(H,25,29). The van der Waals surface area contributed by atoms with Gasteiger partial charge in [0.1, 0.15) is 0 Å². The molecule has 4 amide bonds. The number of benzene rings is 2. The number of nitrogens with one attached hydrogen (secondary N) is 2. The number of carbonyl (C=O) groups is 4. The second kappa shape index (κ2) is 10.4. The summed E-state index contributed by atoms with van der Waals surface area (Å²) < 4.78 is 0. The van der Waals surface area contributed by atoms with Crippen LogP contribution in [0.2, 0.25) is 0 Å². The van der Waals surface area contributed by atoms with Crippen LogP contribution >= 0.6 is 0 Å². The Bertz CT molecular complexity index is 949. The summed E-state index contributed by atoms with van der Waals surface area (Å²) >= 11 is 0. The molecule has 0 saturated carbocycles. The number of rotatable bonds is 7. The summed E-state index contributed by atoms with van der Waals surface area (Å²) in [6.45, 7) is 5.42. The Kier molecular flexibility index (Phi) is 7.90. The molecule has 2 aromatic carbocycles. The van der Waals surface area contributed by atoms with Crippen LogP contribution in [-0.4, -0.2) is 54.1 Å². The quantitative estimate of drug-likeness (QED) is 0.714. The molecule has 0 aliphatic carbocycles. The van der Waals surface area contributed by atoms with Crippen molar-refractivity contribution in [3.8, 4) is 0 Å². The minimum Gasteiger partial charge on any atom is -0.345 e. The highest BCUT2D eigenvalue weighted by Gasteiger charge is 2.17. The topological polar surface area (TPSA) is 98.8 Å². The smallest absolute Gasteiger partial charge is 0.254 e. The molecule has 0 aliphatic rings. The number of hydrogen-bond donors (Lipinski definition) is 2. The van der Waals surface area contributed by atoms with Gasteiger partial charge in [0.15, 0.2) is 0 Å². The van der Waals surface area contributed by atoms with E-state index in [1.54, 1.807) is 49.3 Å². The Balaban J connectivity index is 2.27. The van der Waals surface area contributed by atoms with Gasteiger partial charge in [-0.2, -0.15) is 0 Å². The van der Waals surface area contributed by atoms with Crippen LogP contribution in [0, 0.1) is 0 Å². The molecule has 2 N–H and O–H groups in total. The largest absolute Gasteiger partial charge is 0.345 e. The van der Waals surface area contributed by atoms with Gasteiger partial charge in [0.05, 0.1) is 0 Å². The predicted octanol–water partition coefficient (Wildman–Crippen LogP) is 2.97. The van der Waals surface area contributed by atoms with Gasteiger partial charge in [-0.1, -0.05) is 12.1 Å². The molecule has 0 unspecified atom stereocenters. The number of carbonyl (C=O) groups excluding carboxylic acids is 4. The molecule has 0 aliphatic heterocycles. The number of nitrogens with zero attached hydrogens (tertiary/aromatic N) is 2. The van der Waals surface area contributed by atoms with Crippen molar-refractivity contribution < 1.29 is 19.2 Å². The first-order valence-corrected chi connectivity index (χ1v) is 9.90. The SMILES string of the molecule is CCN(Cc1ccc(C(=O)N(C)C)cc1)C(=O)c1cc(NC(C)=O)cc(NC(C)=O)c1. The van der Waals surface area contributed by atoms with E-state index in [0.717, 1.165) is 5.56 Å². The monoisotopic (exact) mass is 424 g/mol. The van der Waals surface area contributed by atoms with Crippen molar-refractivity contribution in [3.63, 3.8) is 0 Å². The fourth-order valence-corrected chi connectivity index (χ4v) is 3.04. The third-order valence-corrected chi connectivity index (χ3v) is 4.47. The average molecular weight is 425 g/mol. The maximum absolute atomic E-state index is 13.2. The van der Waals surface area contributed by atoms with Crippen LogP contribution in [0.15, 0.2) is 42.5 Å². The van der Waals surface area contributed by atoms with Crippen LogP contribution < -0.4 is 10.6 Å². The molecule has 0 saturated heterocycles. The molecule has 0 aromatic heterocycles. The van der Waals surface area contributed by atoms with Crippen LogP contribution in [0.1, 0.15) is 47.1 Å². The summed E-state index contributed by atoms with van der Waals surface area (Å²) in [5.41, 5.74) is 2.64. The van der Waals surface area contributed by atoms with E-state index in [-0.39, 0.29) is 23.6 Å². The van der Waals surface area contributed by atoms with E-state index in [1.165, 1.54) is 18.7 Å². The molecule has 0 fully saturated rings. The molecule has 0 heterocycles. The molecule has 0 bridgehead atoms. The molecule has 0 atom stereocenters. The first kappa shape index (κ1) is 23.6. The number of anilines is 2. The Morgan fingerprint density at radius 1 is 0.774 bits per heavy atom.